The van der Waals surface area contributed by atoms with Crippen molar-refractivity contribution in [2.45, 2.75) is 311 Å². The maximum Gasteiger partial charge on any atom is 0.400 e. The molecule has 0 aromatic carbocycles. The maximum atomic E-state index is 13.3. The Hall–Kier alpha value is -1.18. The smallest absolute Gasteiger partial charge is 0.393 e. The van der Waals surface area contributed by atoms with E-state index in [1.165, 1.54) is 12.8 Å². The number of carbonyl (C=O) groups excluding carboxylic acids is 3. The van der Waals surface area contributed by atoms with Crippen molar-refractivity contribution < 1.29 is 65.4 Å². The van der Waals surface area contributed by atoms with Gasteiger partial charge in [-0.2, -0.15) is 8.42 Å². The van der Waals surface area contributed by atoms with E-state index in [2.05, 4.69) is 72.1 Å². The monoisotopic (exact) mass is 1390 g/mol. The molecular formula is C76H131N2O14PS2. The van der Waals surface area contributed by atoms with E-state index in [9.17, 15) is 65.4 Å². The molecule has 12 aliphatic rings. The number of hydrogen-bond donors (Lipinski definition) is 8. The van der Waals surface area contributed by atoms with Gasteiger partial charge in [0.1, 0.15) is 17.3 Å². The molecule has 0 bridgehead atoms. The highest BCUT2D eigenvalue weighted by Crippen LogP contribution is 2.73. The summed E-state index contributed by atoms with van der Waals surface area (Å²) in [5, 5.41) is 32.8. The van der Waals surface area contributed by atoms with Gasteiger partial charge in [-0.25, -0.2) is 22.8 Å². The first-order valence-corrected chi connectivity index (χ1v) is 43.1. The number of rotatable bonds is 17. The van der Waals surface area contributed by atoms with Crippen LogP contribution < -0.4 is 9.81 Å². The van der Waals surface area contributed by atoms with Crippen LogP contribution in [0.25, 0.3) is 0 Å². The highest BCUT2D eigenvalue weighted by atomic mass is 32.2. The zero-order chi connectivity index (χ0) is 69.7. The van der Waals surface area contributed by atoms with Crippen LogP contribution in [0.5, 0.6) is 0 Å². The quantitative estimate of drug-likeness (QED) is 0.0496. The van der Waals surface area contributed by atoms with Gasteiger partial charge in [0.05, 0.1) is 28.8 Å². The van der Waals surface area contributed by atoms with E-state index in [1.807, 2.05) is 0 Å². The molecule has 0 aliphatic heterocycles. The molecule has 0 saturated heterocycles. The first-order chi connectivity index (χ1) is 44.2. The zero-order valence-corrected chi connectivity index (χ0v) is 63.3. The van der Waals surface area contributed by atoms with E-state index in [4.69, 9.17) is 0 Å². The first-order valence-electron chi connectivity index (χ1n) is 38.4. The third-order valence-corrected chi connectivity index (χ3v) is 36.3. The number of ketones is 3. The lowest BCUT2D eigenvalue weighted by Crippen LogP contribution is -2.61. The molecule has 0 aromatic rings. The van der Waals surface area contributed by atoms with Crippen LogP contribution in [0.1, 0.15) is 276 Å². The van der Waals surface area contributed by atoms with Gasteiger partial charge < -0.3 is 39.5 Å². The van der Waals surface area contributed by atoms with Crippen molar-refractivity contribution >= 4 is 45.2 Å². The van der Waals surface area contributed by atoms with Crippen LogP contribution in [-0.4, -0.2) is 106 Å². The number of fused-ring (bicyclic) bond motifs is 15. The van der Waals surface area contributed by atoms with Crippen molar-refractivity contribution in [3.8, 4) is 0 Å². The van der Waals surface area contributed by atoms with Crippen LogP contribution in [-0.2, 0) is 39.1 Å². The van der Waals surface area contributed by atoms with Crippen molar-refractivity contribution in [1.82, 2.24) is 9.81 Å². The molecule has 95 heavy (non-hydrogen) atoms. The number of sulfonamides is 1. The summed E-state index contributed by atoms with van der Waals surface area (Å²) in [6, 6.07) is -0.194. The van der Waals surface area contributed by atoms with E-state index in [-0.39, 0.29) is 109 Å². The number of Topliss-reactive ketones (excluding diaryl/α,β-unsaturated/α-hetero) is 3. The van der Waals surface area contributed by atoms with Gasteiger partial charge in [-0.3, -0.25) is 4.55 Å². The summed E-state index contributed by atoms with van der Waals surface area (Å²) in [5.41, 5.74) is 0.766. The standard InChI is InChI=1S/C26H45NO4S.C25H44NO5P.C25H42O5S/c1-16(6-7-17(2)28)20-8-9-21-24-22(11-13-26(20,21)4)25(3)12-10-19(29)14-18(25)15-23(24)32(30,31)27-5;1-15(5-6-16(2)27)19-7-8-20-23-21(10-12-25(19,20)4)24(3)11-9-18(28)13-17(24)14-22(23)26-32(29,30)31;1-15(5-6-16(2)26)19-7-8-20-23-21(10-12-25(19,20)4)24(3)11-9-18(27)13-17(24)14-22(23)31(28,29)30/h16,18-24,27,29H,6-15H2,1-5H3;15,17-23,28H,5-14H2,1-4H3,(H3,26,29,30,31);15,17-23,27H,5-14H2,1-4H3,(H,28,29,30)/t16-,18+,19-,20-,21+,22+,23?,24+,25+,26-;2*15-,17+,18-,19-,20+,21+,22?,23+,24+,25-/m111/s1. The Morgan fingerprint density at radius 1 is 0.442 bits per heavy atom. The zero-order valence-electron chi connectivity index (χ0n) is 60.8. The molecule has 0 spiro atoms. The summed E-state index contributed by atoms with van der Waals surface area (Å²) < 4.78 is 77.1. The third-order valence-electron chi connectivity index (χ3n) is 32.5. The minimum Gasteiger partial charge on any atom is -0.393 e. The third kappa shape index (κ3) is 14.6. The summed E-state index contributed by atoms with van der Waals surface area (Å²) in [6.07, 6.45) is 26.8. The molecule has 0 radical (unpaired) electrons. The summed E-state index contributed by atoms with van der Waals surface area (Å²) in [7, 11) is -10.3. The first kappa shape index (κ1) is 76.5. The van der Waals surface area contributed by atoms with Gasteiger partial charge in [0.2, 0.25) is 10.0 Å². The second-order valence-electron chi connectivity index (χ2n) is 36.9. The van der Waals surface area contributed by atoms with Crippen LogP contribution >= 0.6 is 7.75 Å². The number of carbonyl (C=O) groups is 3. The van der Waals surface area contributed by atoms with E-state index in [0.717, 1.165) is 141 Å². The van der Waals surface area contributed by atoms with Crippen LogP contribution in [0.4, 0.5) is 0 Å². The minimum absolute atomic E-state index is 0.00949. The van der Waals surface area contributed by atoms with E-state index >= 15 is 0 Å². The average molecular weight is 1390 g/mol. The fraction of sp³-hybridized carbons (Fsp3) is 0.961. The van der Waals surface area contributed by atoms with Gasteiger partial charge in [0.15, 0.2) is 0 Å². The van der Waals surface area contributed by atoms with Crippen molar-refractivity contribution in [3.05, 3.63) is 0 Å². The lowest BCUT2D eigenvalue weighted by molar-refractivity contribution is -0.139. The van der Waals surface area contributed by atoms with E-state index in [1.54, 1.807) is 27.8 Å². The largest absolute Gasteiger partial charge is 0.400 e. The van der Waals surface area contributed by atoms with Crippen molar-refractivity contribution in [2.75, 3.05) is 7.05 Å². The Morgan fingerprint density at radius 2 is 0.737 bits per heavy atom. The SMILES string of the molecule is CC(=O)CC[C@@H](C)[C@H]1CC[C@H]2[C@@H]3C(NP(=O)(O)O)C[C@@H]4C[C@H](O)CC[C@]4(C)[C@H]3CC[C@]12C.CC(=O)CC[C@@H](C)[C@H]1CC[C@H]2[C@@H]3C(S(=O)(=O)O)C[C@@H]4C[C@H](O)CC[C@]4(C)[C@H]3CC[C@]12C.CNS(=O)(=O)C1C[C@@H]2C[C@H](O)CC[C@]2(C)[C@H]2CC[C@]3(C)[C@@H]([C@H](C)CCC(C)=O)CC[C@H]3[C@H]12. The maximum absolute atomic E-state index is 13.3. The molecule has 546 valence electrons. The van der Waals surface area contributed by atoms with Gasteiger partial charge in [0, 0.05) is 25.3 Å². The summed E-state index contributed by atoms with van der Waals surface area (Å²) >= 11 is 0. The highest BCUT2D eigenvalue weighted by Gasteiger charge is 2.68. The second-order valence-corrected chi connectivity index (χ2v) is 42.0. The van der Waals surface area contributed by atoms with E-state index < -0.39 is 33.1 Å². The molecule has 12 fully saturated rings. The molecule has 0 heterocycles. The Kier molecular flexibility index (Phi) is 22.9. The Labute approximate surface area is 574 Å². The predicted molar refractivity (Wildman–Crippen MR) is 373 cm³/mol. The molecule has 12 rings (SSSR count). The van der Waals surface area contributed by atoms with Gasteiger partial charge in [-0.15, -0.1) is 0 Å². The number of aliphatic hydroxyl groups excluding tert-OH is 3. The molecular weight excluding hydrogens is 1260 g/mol. The number of aliphatic hydroxyl groups is 3. The highest BCUT2D eigenvalue weighted by molar-refractivity contribution is 7.90. The second kappa shape index (κ2) is 28.5. The molecule has 3 unspecified atom stereocenters. The fourth-order valence-electron chi connectivity index (χ4n) is 27.6. The van der Waals surface area contributed by atoms with Gasteiger partial charge in [-0.1, -0.05) is 62.3 Å². The summed E-state index contributed by atoms with van der Waals surface area (Å²) in [4.78, 5) is 54.4. The minimum atomic E-state index is -4.35. The molecule has 8 N–H and O–H groups in total. The van der Waals surface area contributed by atoms with Crippen LogP contribution in [0.15, 0.2) is 0 Å². The van der Waals surface area contributed by atoms with Crippen LogP contribution in [0.3, 0.4) is 0 Å². The van der Waals surface area contributed by atoms with Gasteiger partial charge in [-0.05, 0) is 340 Å². The summed E-state index contributed by atoms with van der Waals surface area (Å²) in [6.45, 7) is 26.3. The normalized spacial score (nSPS) is 47.6. The Morgan fingerprint density at radius 3 is 1.06 bits per heavy atom. The van der Waals surface area contributed by atoms with Crippen molar-refractivity contribution in [1.29, 1.82) is 0 Å². The van der Waals surface area contributed by atoms with Gasteiger partial charge >= 0.3 is 7.75 Å². The molecule has 12 aliphatic carbocycles. The van der Waals surface area contributed by atoms with Gasteiger partial charge in [0.25, 0.3) is 10.1 Å². The molecule has 0 aromatic heterocycles. The molecule has 30 atom stereocenters. The Balaban J connectivity index is 0.000000155. The predicted octanol–water partition coefficient (Wildman–Crippen LogP) is 14.1. The Bertz CT molecular complexity index is 3040. The van der Waals surface area contributed by atoms with Crippen molar-refractivity contribution in [2.24, 2.45) is 139 Å². The lowest BCUT2D eigenvalue weighted by atomic mass is 9.43. The topological polar surface area (TPSA) is 282 Å². The molecule has 19 heteroatoms. The average Bonchev–Trinajstić information content (AvgIpc) is 1.71. The van der Waals surface area contributed by atoms with Crippen molar-refractivity contribution in [3.63, 3.8) is 0 Å². The fourth-order valence-corrected chi connectivity index (χ4v) is 31.1. The van der Waals surface area contributed by atoms with E-state index in [0.29, 0.717) is 115 Å². The number of hydrogen-bond acceptors (Lipinski definition) is 11. The molecule has 16 nitrogen and oxygen atoms in total. The molecule has 12 saturated carbocycles. The van der Waals surface area contributed by atoms with Crippen LogP contribution in [0.2, 0.25) is 0 Å². The number of nitrogens with one attached hydrogen (secondary N) is 2. The summed E-state index contributed by atoms with van der Waals surface area (Å²) in [5.74, 6) is 7.50. The lowest BCUT2D eigenvalue weighted by Gasteiger charge is -2.63. The van der Waals surface area contributed by atoms with Crippen LogP contribution in [0, 0.1) is 139 Å². The molecule has 0 amide bonds.